The normalized spacial score (nSPS) is 24.4. The number of nitrogens with one attached hydrogen (secondary N) is 1. The summed E-state index contributed by atoms with van der Waals surface area (Å²) in [6.07, 6.45) is -0.691. The molecule has 0 saturated carbocycles. The molecule has 1 aromatic rings. The molecule has 2 aliphatic rings. The van der Waals surface area contributed by atoms with Gasteiger partial charge in [-0.15, -0.1) is 0 Å². The first kappa shape index (κ1) is 21.6. The van der Waals surface area contributed by atoms with E-state index in [1.165, 1.54) is 11.8 Å². The SMILES string of the molecule is Cc1ccc(N2C(=NC(=O)CNC(=O)OC(C)(C)C)S[C@@H]3CS(=O)(=O)C[C@@H]32)cc1. The van der Waals surface area contributed by atoms with E-state index in [1.807, 2.05) is 36.1 Å². The maximum atomic E-state index is 12.3. The zero-order valence-corrected chi connectivity index (χ0v) is 18.5. The molecular weight excluding hydrogens is 414 g/mol. The number of benzene rings is 1. The fourth-order valence-electron chi connectivity index (χ4n) is 3.18. The highest BCUT2D eigenvalue weighted by Crippen LogP contribution is 2.40. The van der Waals surface area contributed by atoms with E-state index in [9.17, 15) is 18.0 Å². The van der Waals surface area contributed by atoms with Crippen LogP contribution in [0, 0.1) is 6.92 Å². The summed E-state index contributed by atoms with van der Waals surface area (Å²) in [6, 6.07) is 7.38. The number of ether oxygens (including phenoxy) is 1. The third-order valence-electron chi connectivity index (χ3n) is 4.38. The third-order valence-corrected chi connectivity index (χ3v) is 7.59. The molecule has 158 valence electrons. The highest BCUT2D eigenvalue weighted by atomic mass is 32.2. The molecule has 2 heterocycles. The second-order valence-electron chi connectivity index (χ2n) is 8.15. The number of amides is 2. The quantitative estimate of drug-likeness (QED) is 0.769. The number of hydrogen-bond acceptors (Lipinski definition) is 6. The molecule has 2 saturated heterocycles. The zero-order chi connectivity index (χ0) is 21.4. The summed E-state index contributed by atoms with van der Waals surface area (Å²) in [5, 5.41) is 2.68. The summed E-state index contributed by atoms with van der Waals surface area (Å²) < 4.78 is 29.3. The predicted octanol–water partition coefficient (Wildman–Crippen LogP) is 2.12. The lowest BCUT2D eigenvalue weighted by Crippen LogP contribution is -2.38. The Morgan fingerprint density at radius 1 is 1.24 bits per heavy atom. The fraction of sp³-hybridized carbons (Fsp3) is 0.526. The predicted molar refractivity (Wildman–Crippen MR) is 114 cm³/mol. The number of aliphatic imine (C=N–C) groups is 1. The molecule has 29 heavy (non-hydrogen) atoms. The summed E-state index contributed by atoms with van der Waals surface area (Å²) in [7, 11) is -3.12. The van der Waals surface area contributed by atoms with Gasteiger partial charge in [0.1, 0.15) is 12.1 Å². The minimum atomic E-state index is -3.12. The van der Waals surface area contributed by atoms with Gasteiger partial charge in [0.05, 0.1) is 17.5 Å². The average Bonchev–Trinajstić information content (AvgIpc) is 3.03. The molecule has 8 nitrogen and oxygen atoms in total. The van der Waals surface area contributed by atoms with Crippen LogP contribution in [0.1, 0.15) is 26.3 Å². The Labute approximate surface area is 175 Å². The van der Waals surface area contributed by atoms with Crippen LogP contribution in [0.25, 0.3) is 0 Å². The lowest BCUT2D eigenvalue weighted by Gasteiger charge is -2.24. The molecule has 1 aromatic carbocycles. The molecule has 0 aromatic heterocycles. The Morgan fingerprint density at radius 3 is 2.52 bits per heavy atom. The van der Waals surface area contributed by atoms with Gasteiger partial charge in [0.15, 0.2) is 15.0 Å². The van der Waals surface area contributed by atoms with Crippen molar-refractivity contribution in [2.24, 2.45) is 4.99 Å². The van der Waals surface area contributed by atoms with Crippen LogP contribution < -0.4 is 10.2 Å². The number of anilines is 1. The summed E-state index contributed by atoms with van der Waals surface area (Å²) in [5.41, 5.74) is 1.21. The Bertz CT molecular complexity index is 936. The van der Waals surface area contributed by atoms with Crippen LogP contribution in [0.15, 0.2) is 29.3 Å². The number of rotatable bonds is 3. The number of alkyl carbamates (subject to hydrolysis) is 1. The standard InChI is InChI=1S/C19H25N3O5S2/c1-12-5-7-13(8-6-12)22-14-10-29(25,26)11-15(14)28-17(22)21-16(23)9-20-18(24)27-19(2,3)4/h5-8,14-15H,9-11H2,1-4H3,(H,20,24)/t14-,15+/m0/s1. The van der Waals surface area contributed by atoms with Crippen molar-refractivity contribution < 1.29 is 22.7 Å². The molecule has 0 unspecified atom stereocenters. The molecular formula is C19H25N3O5S2. The van der Waals surface area contributed by atoms with Gasteiger partial charge in [-0.2, -0.15) is 4.99 Å². The smallest absolute Gasteiger partial charge is 0.408 e. The number of carbonyl (C=O) groups excluding carboxylic acids is 2. The Kier molecular flexibility index (Phi) is 5.96. The van der Waals surface area contributed by atoms with Gasteiger partial charge < -0.3 is 15.0 Å². The molecule has 2 fully saturated rings. The molecule has 0 bridgehead atoms. The molecule has 0 spiro atoms. The maximum Gasteiger partial charge on any atom is 0.408 e. The molecule has 0 aliphatic carbocycles. The second-order valence-corrected chi connectivity index (χ2v) is 11.5. The van der Waals surface area contributed by atoms with Crippen molar-refractivity contribution in [1.29, 1.82) is 0 Å². The van der Waals surface area contributed by atoms with Gasteiger partial charge in [0, 0.05) is 10.9 Å². The highest BCUT2D eigenvalue weighted by molar-refractivity contribution is 8.16. The summed E-state index contributed by atoms with van der Waals surface area (Å²) in [5.74, 6) is -0.436. The van der Waals surface area contributed by atoms with Crippen LogP contribution in [0.5, 0.6) is 0 Å². The van der Waals surface area contributed by atoms with E-state index in [0.29, 0.717) is 5.17 Å². The number of amidine groups is 1. The van der Waals surface area contributed by atoms with Crippen molar-refractivity contribution in [3.63, 3.8) is 0 Å². The van der Waals surface area contributed by atoms with Crippen molar-refractivity contribution in [1.82, 2.24) is 5.32 Å². The highest BCUT2D eigenvalue weighted by Gasteiger charge is 2.49. The molecule has 3 rings (SSSR count). The van der Waals surface area contributed by atoms with E-state index in [1.54, 1.807) is 20.8 Å². The number of carbonyl (C=O) groups is 2. The van der Waals surface area contributed by atoms with E-state index in [4.69, 9.17) is 4.74 Å². The minimum absolute atomic E-state index is 0.0297. The Balaban J connectivity index is 1.77. The van der Waals surface area contributed by atoms with Crippen LogP contribution in [0.2, 0.25) is 0 Å². The van der Waals surface area contributed by atoms with Gasteiger partial charge in [-0.05, 0) is 39.8 Å². The van der Waals surface area contributed by atoms with Gasteiger partial charge >= 0.3 is 6.09 Å². The average molecular weight is 440 g/mol. The van der Waals surface area contributed by atoms with Crippen molar-refractivity contribution >= 4 is 44.5 Å². The lowest BCUT2D eigenvalue weighted by molar-refractivity contribution is -0.117. The monoisotopic (exact) mass is 439 g/mol. The van der Waals surface area contributed by atoms with E-state index in [0.717, 1.165) is 11.3 Å². The molecule has 1 N–H and O–H groups in total. The molecule has 10 heteroatoms. The van der Waals surface area contributed by atoms with Crippen LogP contribution in [0.4, 0.5) is 10.5 Å². The topological polar surface area (TPSA) is 105 Å². The number of hydrogen-bond donors (Lipinski definition) is 1. The summed E-state index contributed by atoms with van der Waals surface area (Å²) >= 11 is 1.30. The first-order valence-electron chi connectivity index (χ1n) is 9.25. The zero-order valence-electron chi connectivity index (χ0n) is 16.8. The number of thioether (sulfide) groups is 1. The van der Waals surface area contributed by atoms with Gasteiger partial charge in [-0.25, -0.2) is 13.2 Å². The van der Waals surface area contributed by atoms with Gasteiger partial charge in [0.2, 0.25) is 0 Å². The van der Waals surface area contributed by atoms with Crippen LogP contribution in [-0.2, 0) is 19.4 Å². The van der Waals surface area contributed by atoms with E-state index in [-0.39, 0.29) is 29.3 Å². The lowest BCUT2D eigenvalue weighted by atomic mass is 10.1. The largest absolute Gasteiger partial charge is 0.444 e. The van der Waals surface area contributed by atoms with E-state index in [2.05, 4.69) is 10.3 Å². The number of fused-ring (bicyclic) bond motifs is 1. The van der Waals surface area contributed by atoms with Gasteiger partial charge in [0.25, 0.3) is 5.91 Å². The van der Waals surface area contributed by atoms with Crippen LogP contribution in [-0.4, -0.2) is 60.5 Å². The van der Waals surface area contributed by atoms with Gasteiger partial charge in [-0.1, -0.05) is 29.5 Å². The molecule has 0 radical (unpaired) electrons. The molecule has 2 atom stereocenters. The van der Waals surface area contributed by atoms with Gasteiger partial charge in [-0.3, -0.25) is 4.79 Å². The Hall–Kier alpha value is -2.07. The third kappa shape index (κ3) is 5.51. The van der Waals surface area contributed by atoms with Crippen molar-refractivity contribution in [2.45, 2.75) is 44.6 Å². The number of aryl methyl sites for hydroxylation is 1. The minimum Gasteiger partial charge on any atom is -0.444 e. The maximum absolute atomic E-state index is 12.3. The second kappa shape index (κ2) is 7.98. The first-order chi connectivity index (χ1) is 13.4. The fourth-order valence-corrected chi connectivity index (χ4v) is 7.11. The number of nitrogens with zero attached hydrogens (tertiary/aromatic N) is 2. The summed E-state index contributed by atoms with van der Waals surface area (Å²) in [6.45, 7) is 6.86. The Morgan fingerprint density at radius 2 is 1.90 bits per heavy atom. The van der Waals surface area contributed by atoms with E-state index < -0.39 is 27.4 Å². The van der Waals surface area contributed by atoms with Crippen molar-refractivity contribution in [2.75, 3.05) is 23.0 Å². The number of sulfone groups is 1. The van der Waals surface area contributed by atoms with Crippen LogP contribution in [0.3, 0.4) is 0 Å². The van der Waals surface area contributed by atoms with Crippen molar-refractivity contribution in [3.05, 3.63) is 29.8 Å². The van der Waals surface area contributed by atoms with Crippen molar-refractivity contribution in [3.8, 4) is 0 Å². The van der Waals surface area contributed by atoms with E-state index >= 15 is 0 Å². The van der Waals surface area contributed by atoms with Crippen LogP contribution >= 0.6 is 11.8 Å². The molecule has 2 aliphatic heterocycles. The summed E-state index contributed by atoms with van der Waals surface area (Å²) in [4.78, 5) is 30.0. The molecule has 2 amide bonds. The first-order valence-corrected chi connectivity index (χ1v) is 11.9.